The summed E-state index contributed by atoms with van der Waals surface area (Å²) >= 11 is 0. The summed E-state index contributed by atoms with van der Waals surface area (Å²) in [7, 11) is 0. The number of esters is 1. The van der Waals surface area contributed by atoms with E-state index in [1.807, 2.05) is 32.0 Å². The Labute approximate surface area is 152 Å². The number of aromatic hydroxyl groups is 2. The van der Waals surface area contributed by atoms with Crippen LogP contribution in [0.1, 0.15) is 35.3 Å². The molecule has 0 aliphatic rings. The molecule has 0 spiro atoms. The van der Waals surface area contributed by atoms with E-state index in [2.05, 4.69) is 0 Å². The standard InChI is InChI=1S/C22H20O4/c1-22(2,15-8-11-17(23)12-9-15)16-10-13-20(24)19(14-16)21(25)26-18-6-4-3-5-7-18/h3-14,23-24H,1-2H3. The lowest BCUT2D eigenvalue weighted by Gasteiger charge is -2.26. The van der Waals surface area contributed by atoms with Crippen LogP contribution in [-0.4, -0.2) is 16.2 Å². The van der Waals surface area contributed by atoms with Crippen LogP contribution in [0.4, 0.5) is 0 Å². The van der Waals surface area contributed by atoms with Crippen molar-refractivity contribution in [1.82, 2.24) is 0 Å². The molecule has 0 atom stereocenters. The first-order chi connectivity index (χ1) is 12.4. The lowest BCUT2D eigenvalue weighted by atomic mass is 9.77. The lowest BCUT2D eigenvalue weighted by Crippen LogP contribution is -2.20. The van der Waals surface area contributed by atoms with E-state index in [0.29, 0.717) is 5.75 Å². The van der Waals surface area contributed by atoms with Crippen molar-refractivity contribution < 1.29 is 19.7 Å². The molecule has 3 aromatic rings. The van der Waals surface area contributed by atoms with Crippen molar-refractivity contribution >= 4 is 5.97 Å². The zero-order valence-electron chi connectivity index (χ0n) is 14.6. The molecule has 0 aromatic heterocycles. The van der Waals surface area contributed by atoms with E-state index < -0.39 is 11.4 Å². The van der Waals surface area contributed by atoms with Crippen LogP contribution >= 0.6 is 0 Å². The Morgan fingerprint density at radius 1 is 0.846 bits per heavy atom. The first-order valence-electron chi connectivity index (χ1n) is 8.28. The molecule has 0 unspecified atom stereocenters. The third-order valence-corrected chi connectivity index (χ3v) is 4.48. The second kappa shape index (κ2) is 6.92. The Morgan fingerprint density at radius 2 is 1.46 bits per heavy atom. The fraction of sp³-hybridized carbons (Fsp3) is 0.136. The van der Waals surface area contributed by atoms with Crippen molar-refractivity contribution in [3.05, 3.63) is 89.5 Å². The summed E-state index contributed by atoms with van der Waals surface area (Å²) in [5, 5.41) is 19.6. The van der Waals surface area contributed by atoms with Gasteiger partial charge in [0.1, 0.15) is 22.8 Å². The van der Waals surface area contributed by atoms with Gasteiger partial charge in [0.2, 0.25) is 0 Å². The van der Waals surface area contributed by atoms with Crippen LogP contribution in [0.25, 0.3) is 0 Å². The minimum atomic E-state index is -0.614. The maximum absolute atomic E-state index is 12.5. The molecule has 4 nitrogen and oxygen atoms in total. The largest absolute Gasteiger partial charge is 0.508 e. The number of carbonyl (C=O) groups is 1. The van der Waals surface area contributed by atoms with E-state index in [4.69, 9.17) is 4.74 Å². The molecule has 0 amide bonds. The number of ether oxygens (including phenoxy) is 1. The summed E-state index contributed by atoms with van der Waals surface area (Å²) in [5.41, 5.74) is 1.51. The fourth-order valence-electron chi connectivity index (χ4n) is 2.78. The summed E-state index contributed by atoms with van der Waals surface area (Å²) in [6, 6.07) is 20.6. The average Bonchev–Trinajstić information content (AvgIpc) is 2.63. The summed E-state index contributed by atoms with van der Waals surface area (Å²) in [4.78, 5) is 12.5. The highest BCUT2D eigenvalue weighted by Gasteiger charge is 2.25. The summed E-state index contributed by atoms with van der Waals surface area (Å²) in [6.07, 6.45) is 0. The normalized spacial score (nSPS) is 11.2. The van der Waals surface area contributed by atoms with Gasteiger partial charge in [0, 0.05) is 5.41 Å². The number of hydrogen-bond donors (Lipinski definition) is 2. The van der Waals surface area contributed by atoms with Crippen molar-refractivity contribution in [3.63, 3.8) is 0 Å². The third kappa shape index (κ3) is 3.54. The Morgan fingerprint density at radius 3 is 2.12 bits per heavy atom. The molecule has 0 radical (unpaired) electrons. The molecule has 3 rings (SSSR count). The molecule has 132 valence electrons. The predicted molar refractivity (Wildman–Crippen MR) is 99.7 cm³/mol. The Hall–Kier alpha value is -3.27. The van der Waals surface area contributed by atoms with Crippen LogP contribution in [0.2, 0.25) is 0 Å². The zero-order chi connectivity index (χ0) is 18.7. The van der Waals surface area contributed by atoms with E-state index in [0.717, 1.165) is 11.1 Å². The third-order valence-electron chi connectivity index (χ3n) is 4.48. The number of phenolic OH excluding ortho intramolecular Hbond substituents is 2. The highest BCUT2D eigenvalue weighted by molar-refractivity contribution is 5.94. The van der Waals surface area contributed by atoms with E-state index in [1.165, 1.54) is 6.07 Å². The lowest BCUT2D eigenvalue weighted by molar-refractivity contribution is 0.0731. The van der Waals surface area contributed by atoms with Gasteiger partial charge in [-0.25, -0.2) is 4.79 Å². The first-order valence-corrected chi connectivity index (χ1v) is 8.28. The second-order valence-electron chi connectivity index (χ2n) is 6.61. The van der Waals surface area contributed by atoms with Gasteiger partial charge in [-0.05, 0) is 47.5 Å². The van der Waals surface area contributed by atoms with Crippen molar-refractivity contribution in [2.24, 2.45) is 0 Å². The van der Waals surface area contributed by atoms with Crippen LogP contribution in [0.3, 0.4) is 0 Å². The fourth-order valence-corrected chi connectivity index (χ4v) is 2.78. The van der Waals surface area contributed by atoms with Crippen molar-refractivity contribution in [1.29, 1.82) is 0 Å². The number of hydrogen-bond acceptors (Lipinski definition) is 4. The monoisotopic (exact) mass is 348 g/mol. The van der Waals surface area contributed by atoms with Crippen molar-refractivity contribution in [3.8, 4) is 17.2 Å². The maximum atomic E-state index is 12.5. The molecule has 0 bridgehead atoms. The molecular formula is C22H20O4. The van der Waals surface area contributed by atoms with E-state index in [-0.39, 0.29) is 17.1 Å². The highest BCUT2D eigenvalue weighted by atomic mass is 16.5. The van der Waals surface area contributed by atoms with Gasteiger partial charge in [-0.15, -0.1) is 0 Å². The van der Waals surface area contributed by atoms with Gasteiger partial charge in [-0.3, -0.25) is 0 Å². The minimum Gasteiger partial charge on any atom is -0.508 e. The van der Waals surface area contributed by atoms with Crippen LogP contribution in [0, 0.1) is 0 Å². The first kappa shape index (κ1) is 17.5. The van der Waals surface area contributed by atoms with E-state index in [9.17, 15) is 15.0 Å². The SMILES string of the molecule is CC(C)(c1ccc(O)cc1)c1ccc(O)c(C(=O)Oc2ccccc2)c1. The van der Waals surface area contributed by atoms with Gasteiger partial charge in [-0.1, -0.05) is 50.2 Å². The van der Waals surface area contributed by atoms with Gasteiger partial charge < -0.3 is 14.9 Å². The molecule has 2 N–H and O–H groups in total. The molecular weight excluding hydrogens is 328 g/mol. The molecule has 3 aromatic carbocycles. The minimum absolute atomic E-state index is 0.109. The van der Waals surface area contributed by atoms with Gasteiger partial charge in [0.05, 0.1) is 0 Å². The smallest absolute Gasteiger partial charge is 0.347 e. The van der Waals surface area contributed by atoms with Gasteiger partial charge in [-0.2, -0.15) is 0 Å². The molecule has 0 aliphatic heterocycles. The zero-order valence-corrected chi connectivity index (χ0v) is 14.6. The summed E-state index contributed by atoms with van der Waals surface area (Å²) in [5.74, 6) is -0.129. The van der Waals surface area contributed by atoms with Crippen molar-refractivity contribution in [2.45, 2.75) is 19.3 Å². The number of carbonyl (C=O) groups excluding carboxylic acids is 1. The van der Waals surface area contributed by atoms with Crippen LogP contribution in [-0.2, 0) is 5.41 Å². The number of phenols is 2. The van der Waals surface area contributed by atoms with Gasteiger partial charge in [0.15, 0.2) is 0 Å². The number of para-hydroxylation sites is 1. The maximum Gasteiger partial charge on any atom is 0.347 e. The van der Waals surface area contributed by atoms with E-state index in [1.54, 1.807) is 48.5 Å². The average molecular weight is 348 g/mol. The molecule has 26 heavy (non-hydrogen) atoms. The van der Waals surface area contributed by atoms with Crippen LogP contribution < -0.4 is 4.74 Å². The van der Waals surface area contributed by atoms with Crippen LogP contribution in [0.15, 0.2) is 72.8 Å². The van der Waals surface area contributed by atoms with E-state index >= 15 is 0 Å². The Bertz CT molecular complexity index is 913. The van der Waals surface area contributed by atoms with Crippen LogP contribution in [0.5, 0.6) is 17.2 Å². The van der Waals surface area contributed by atoms with Gasteiger partial charge in [0.25, 0.3) is 0 Å². The molecule has 0 fully saturated rings. The Kier molecular flexibility index (Phi) is 4.67. The molecule has 0 saturated heterocycles. The number of benzene rings is 3. The molecule has 0 heterocycles. The molecule has 0 saturated carbocycles. The quantitative estimate of drug-likeness (QED) is 0.532. The second-order valence-corrected chi connectivity index (χ2v) is 6.61. The van der Waals surface area contributed by atoms with Crippen molar-refractivity contribution in [2.75, 3.05) is 0 Å². The Balaban J connectivity index is 1.94. The molecule has 4 heteroatoms. The summed E-state index contributed by atoms with van der Waals surface area (Å²) < 4.78 is 5.34. The summed E-state index contributed by atoms with van der Waals surface area (Å²) in [6.45, 7) is 4.02. The molecule has 0 aliphatic carbocycles. The number of rotatable bonds is 4. The highest BCUT2D eigenvalue weighted by Crippen LogP contribution is 2.34. The van der Waals surface area contributed by atoms with Gasteiger partial charge >= 0.3 is 5.97 Å². The predicted octanol–water partition coefficient (Wildman–Crippen LogP) is 4.64. The topological polar surface area (TPSA) is 66.8 Å².